The Labute approximate surface area is 174 Å². The van der Waals surface area contributed by atoms with Crippen LogP contribution in [0.4, 0.5) is 20.8 Å². The first-order valence-corrected chi connectivity index (χ1v) is 10.1. The van der Waals surface area contributed by atoms with E-state index in [2.05, 4.69) is 46.8 Å². The number of amides is 1. The number of ether oxygens (including phenoxy) is 1. The number of alkyl halides is 1. The fourth-order valence-corrected chi connectivity index (χ4v) is 3.92. The van der Waals surface area contributed by atoms with E-state index in [4.69, 9.17) is 4.74 Å². The number of fused-ring (bicyclic) bond motifs is 1. The summed E-state index contributed by atoms with van der Waals surface area (Å²) in [5.41, 5.74) is 1.57. The van der Waals surface area contributed by atoms with Crippen LogP contribution in [-0.4, -0.2) is 49.2 Å². The Balaban J connectivity index is 1.44. The van der Waals surface area contributed by atoms with Crippen LogP contribution >= 0.6 is 15.9 Å². The van der Waals surface area contributed by atoms with E-state index in [0.717, 1.165) is 15.7 Å². The normalized spacial score (nSPS) is 21.6. The predicted molar refractivity (Wildman–Crippen MR) is 108 cm³/mol. The number of nitrogens with one attached hydrogen (secondary N) is 3. The van der Waals surface area contributed by atoms with Gasteiger partial charge in [-0.1, -0.05) is 0 Å². The maximum absolute atomic E-state index is 14.4. The monoisotopic (exact) mass is 465 g/mol. The maximum Gasteiger partial charge on any atom is 0.407 e. The molecule has 29 heavy (non-hydrogen) atoms. The number of aromatic amines is 1. The van der Waals surface area contributed by atoms with Gasteiger partial charge in [0.25, 0.3) is 0 Å². The second-order valence-corrected chi connectivity index (χ2v) is 8.18. The third kappa shape index (κ3) is 4.19. The fourth-order valence-electron chi connectivity index (χ4n) is 3.46. The molecule has 9 nitrogen and oxygen atoms in total. The SMILES string of the molecule is CC(C)NC(=O)O[C@H]1C[C@@H](c2cc(Nc3nccn4ncc(Br)c34)n[nH]2)C[C@H]1F. The molecule has 0 saturated heterocycles. The predicted octanol–water partition coefficient (Wildman–Crippen LogP) is 3.68. The van der Waals surface area contributed by atoms with Crippen LogP contribution in [0.1, 0.15) is 38.3 Å². The summed E-state index contributed by atoms with van der Waals surface area (Å²) in [7, 11) is 0. The highest BCUT2D eigenvalue weighted by molar-refractivity contribution is 9.10. The van der Waals surface area contributed by atoms with E-state index in [-0.39, 0.29) is 18.4 Å². The third-order valence-corrected chi connectivity index (χ3v) is 5.35. The van der Waals surface area contributed by atoms with Gasteiger partial charge < -0.3 is 15.4 Å². The van der Waals surface area contributed by atoms with Crippen LogP contribution in [-0.2, 0) is 4.74 Å². The summed E-state index contributed by atoms with van der Waals surface area (Å²) >= 11 is 3.46. The molecule has 3 aromatic rings. The van der Waals surface area contributed by atoms with E-state index in [1.54, 1.807) is 23.1 Å². The lowest BCUT2D eigenvalue weighted by Crippen LogP contribution is -2.35. The lowest BCUT2D eigenvalue weighted by atomic mass is 10.0. The second-order valence-electron chi connectivity index (χ2n) is 7.32. The van der Waals surface area contributed by atoms with Gasteiger partial charge in [-0.05, 0) is 42.6 Å². The molecule has 1 saturated carbocycles. The van der Waals surface area contributed by atoms with Crippen LogP contribution in [0.25, 0.3) is 5.52 Å². The van der Waals surface area contributed by atoms with E-state index >= 15 is 0 Å². The number of aromatic nitrogens is 5. The zero-order valence-corrected chi connectivity index (χ0v) is 17.5. The Bertz CT molecular complexity index is 1020. The zero-order valence-electron chi connectivity index (χ0n) is 15.9. The molecule has 1 amide bonds. The molecular weight excluding hydrogens is 445 g/mol. The number of hydrogen-bond donors (Lipinski definition) is 3. The summed E-state index contributed by atoms with van der Waals surface area (Å²) in [4.78, 5) is 16.1. The molecule has 154 valence electrons. The van der Waals surface area contributed by atoms with Crippen molar-refractivity contribution in [3.63, 3.8) is 0 Å². The third-order valence-electron chi connectivity index (χ3n) is 4.77. The van der Waals surface area contributed by atoms with Gasteiger partial charge in [0.2, 0.25) is 0 Å². The Morgan fingerprint density at radius 2 is 2.28 bits per heavy atom. The molecule has 0 radical (unpaired) electrons. The fraction of sp³-hybridized carbons (Fsp3) is 0.444. The van der Waals surface area contributed by atoms with Gasteiger partial charge in [0, 0.05) is 36.1 Å². The van der Waals surface area contributed by atoms with E-state index in [0.29, 0.717) is 18.1 Å². The Morgan fingerprint density at radius 3 is 3.07 bits per heavy atom. The van der Waals surface area contributed by atoms with Crippen molar-refractivity contribution in [3.05, 3.63) is 34.8 Å². The zero-order chi connectivity index (χ0) is 20.5. The molecule has 1 aliphatic rings. The van der Waals surface area contributed by atoms with Crippen molar-refractivity contribution >= 4 is 39.2 Å². The van der Waals surface area contributed by atoms with E-state index in [1.165, 1.54) is 0 Å². The molecule has 3 N–H and O–H groups in total. The Morgan fingerprint density at radius 1 is 1.45 bits per heavy atom. The number of alkyl carbamates (subject to hydrolysis) is 1. The lowest BCUT2D eigenvalue weighted by molar-refractivity contribution is 0.0593. The average Bonchev–Trinajstić information content (AvgIpc) is 3.35. The number of H-pyrrole nitrogens is 1. The summed E-state index contributed by atoms with van der Waals surface area (Å²) in [6.45, 7) is 3.64. The molecule has 0 aromatic carbocycles. The molecule has 3 heterocycles. The van der Waals surface area contributed by atoms with Crippen LogP contribution in [0.3, 0.4) is 0 Å². The smallest absolute Gasteiger partial charge is 0.407 e. The van der Waals surface area contributed by atoms with Crippen molar-refractivity contribution in [1.29, 1.82) is 0 Å². The van der Waals surface area contributed by atoms with Crippen LogP contribution in [0.15, 0.2) is 29.1 Å². The second kappa shape index (κ2) is 7.97. The highest BCUT2D eigenvalue weighted by Crippen LogP contribution is 2.38. The van der Waals surface area contributed by atoms with Gasteiger partial charge in [-0.25, -0.2) is 18.7 Å². The number of carbonyl (C=O) groups is 1. The molecule has 0 bridgehead atoms. The number of carbonyl (C=O) groups excluding carboxylic acids is 1. The summed E-state index contributed by atoms with van der Waals surface area (Å²) in [6, 6.07) is 1.76. The van der Waals surface area contributed by atoms with Crippen LogP contribution in [0.2, 0.25) is 0 Å². The van der Waals surface area contributed by atoms with Gasteiger partial charge in [0.1, 0.15) is 17.8 Å². The minimum atomic E-state index is -1.21. The standard InChI is InChI=1S/C18H21BrFN7O2/c1-9(2)23-18(28)29-14-6-10(5-12(14)20)13-7-15(26-25-13)24-17-16-11(19)8-22-27(16)4-3-21-17/h3-4,7-10,12,14H,5-6H2,1-2H3,(H,23,28)(H2,21,24,25,26)/t10-,12+,14-/m0/s1. The highest BCUT2D eigenvalue weighted by Gasteiger charge is 2.38. The number of rotatable bonds is 5. The first-order chi connectivity index (χ1) is 13.9. The van der Waals surface area contributed by atoms with Gasteiger partial charge in [0.05, 0.1) is 10.7 Å². The largest absolute Gasteiger partial charge is 0.443 e. The van der Waals surface area contributed by atoms with Gasteiger partial charge in [-0.2, -0.15) is 10.2 Å². The van der Waals surface area contributed by atoms with Crippen LogP contribution in [0, 0.1) is 0 Å². The molecule has 1 aliphatic carbocycles. The first-order valence-electron chi connectivity index (χ1n) is 9.32. The van der Waals surface area contributed by atoms with Gasteiger partial charge in [-0.3, -0.25) is 5.10 Å². The summed E-state index contributed by atoms with van der Waals surface area (Å²) in [6.07, 6.45) is 3.17. The van der Waals surface area contributed by atoms with Crippen LogP contribution < -0.4 is 10.6 Å². The average molecular weight is 466 g/mol. The van der Waals surface area contributed by atoms with Gasteiger partial charge >= 0.3 is 6.09 Å². The summed E-state index contributed by atoms with van der Waals surface area (Å²) in [5, 5.41) is 17.2. The number of nitrogens with zero attached hydrogens (tertiary/aromatic N) is 4. The van der Waals surface area contributed by atoms with Crippen molar-refractivity contribution in [2.45, 2.75) is 50.9 Å². The molecule has 0 spiro atoms. The highest BCUT2D eigenvalue weighted by atomic mass is 79.9. The summed E-state index contributed by atoms with van der Waals surface area (Å²) < 4.78 is 22.1. The molecule has 4 rings (SSSR count). The number of halogens is 2. The summed E-state index contributed by atoms with van der Waals surface area (Å²) in [5.74, 6) is 1.04. The topological polar surface area (TPSA) is 109 Å². The van der Waals surface area contributed by atoms with E-state index < -0.39 is 18.4 Å². The first kappa shape index (κ1) is 19.6. The van der Waals surface area contributed by atoms with Crippen molar-refractivity contribution in [2.24, 2.45) is 0 Å². The van der Waals surface area contributed by atoms with Crippen molar-refractivity contribution in [1.82, 2.24) is 30.1 Å². The Hall–Kier alpha value is -2.69. The minimum absolute atomic E-state index is 0.0621. The van der Waals surface area contributed by atoms with E-state index in [1.807, 2.05) is 19.9 Å². The van der Waals surface area contributed by atoms with E-state index in [9.17, 15) is 9.18 Å². The van der Waals surface area contributed by atoms with Crippen molar-refractivity contribution in [2.75, 3.05) is 5.32 Å². The molecule has 1 fully saturated rings. The van der Waals surface area contributed by atoms with Gasteiger partial charge in [-0.15, -0.1) is 0 Å². The van der Waals surface area contributed by atoms with Crippen molar-refractivity contribution in [3.8, 4) is 0 Å². The molecule has 3 aromatic heterocycles. The van der Waals surface area contributed by atoms with Crippen LogP contribution in [0.5, 0.6) is 0 Å². The molecule has 0 aliphatic heterocycles. The quantitative estimate of drug-likeness (QED) is 0.530. The molecule has 0 unspecified atom stereocenters. The molecule has 11 heteroatoms. The lowest BCUT2D eigenvalue weighted by Gasteiger charge is -2.16. The maximum atomic E-state index is 14.4. The minimum Gasteiger partial charge on any atom is -0.443 e. The number of anilines is 2. The van der Waals surface area contributed by atoms with Crippen molar-refractivity contribution < 1.29 is 13.9 Å². The number of hydrogen-bond acceptors (Lipinski definition) is 6. The molecular formula is C18H21BrFN7O2. The van der Waals surface area contributed by atoms with Gasteiger partial charge in [0.15, 0.2) is 11.6 Å². The Kier molecular flexibility index (Phi) is 5.39. The molecule has 3 atom stereocenters.